The number of carboxylic acids is 1. The molecule has 27 heavy (non-hydrogen) atoms. The quantitative estimate of drug-likeness (QED) is 0.719. The summed E-state index contributed by atoms with van der Waals surface area (Å²) < 4.78 is 18.5. The molecule has 1 aliphatic rings. The maximum Gasteiger partial charge on any atom is 0.312 e. The number of carbonyl (C=O) groups is 2. The number of hydrogen-bond acceptors (Lipinski definition) is 4. The lowest BCUT2D eigenvalue weighted by Gasteiger charge is -2.14. The molecule has 0 bridgehead atoms. The third kappa shape index (κ3) is 5.17. The van der Waals surface area contributed by atoms with E-state index in [1.165, 1.54) is 36.5 Å². The van der Waals surface area contributed by atoms with Gasteiger partial charge in [0, 0.05) is 12.7 Å². The Bertz CT molecular complexity index is 840. The molecule has 1 unspecified atom stereocenters. The highest BCUT2D eigenvalue weighted by molar-refractivity contribution is 6.32. The Hall–Kier alpha value is -2.67. The normalized spacial score (nSPS) is 14.4. The smallest absolute Gasteiger partial charge is 0.312 e. The summed E-state index contributed by atoms with van der Waals surface area (Å²) in [5.74, 6) is -2.27. The number of benzene rings is 1. The van der Waals surface area contributed by atoms with Crippen molar-refractivity contribution < 1.29 is 23.8 Å². The van der Waals surface area contributed by atoms with Crippen LogP contribution in [0.1, 0.15) is 34.7 Å². The number of aromatic nitrogens is 1. The molecule has 6 nitrogen and oxygen atoms in total. The molecule has 2 N–H and O–H groups in total. The van der Waals surface area contributed by atoms with Gasteiger partial charge in [0.2, 0.25) is 5.88 Å². The molecule has 1 heterocycles. The zero-order chi connectivity index (χ0) is 19.4. The second-order valence-corrected chi connectivity index (χ2v) is 6.82. The van der Waals surface area contributed by atoms with Gasteiger partial charge in [0.25, 0.3) is 5.91 Å². The first-order valence-electron chi connectivity index (χ1n) is 8.49. The van der Waals surface area contributed by atoms with Crippen LogP contribution in [-0.4, -0.2) is 35.1 Å². The number of pyridine rings is 1. The van der Waals surface area contributed by atoms with Gasteiger partial charge in [0.15, 0.2) is 0 Å². The van der Waals surface area contributed by atoms with Gasteiger partial charge >= 0.3 is 5.97 Å². The summed E-state index contributed by atoms with van der Waals surface area (Å²) in [6, 6.07) is 6.55. The molecule has 1 aromatic carbocycles. The van der Waals surface area contributed by atoms with E-state index >= 15 is 0 Å². The van der Waals surface area contributed by atoms with Crippen LogP contribution in [0.4, 0.5) is 4.39 Å². The van der Waals surface area contributed by atoms with Gasteiger partial charge in [-0.2, -0.15) is 0 Å². The molecule has 3 rings (SSSR count). The zero-order valence-electron chi connectivity index (χ0n) is 14.3. The Morgan fingerprint density at radius 1 is 1.33 bits per heavy atom. The molecule has 1 aromatic heterocycles. The van der Waals surface area contributed by atoms with Crippen molar-refractivity contribution in [2.24, 2.45) is 5.92 Å². The van der Waals surface area contributed by atoms with Crippen molar-refractivity contribution >= 4 is 23.5 Å². The van der Waals surface area contributed by atoms with Crippen molar-refractivity contribution in [1.82, 2.24) is 10.3 Å². The summed E-state index contributed by atoms with van der Waals surface area (Å²) >= 11 is 6.10. The van der Waals surface area contributed by atoms with Crippen LogP contribution < -0.4 is 10.1 Å². The van der Waals surface area contributed by atoms with Gasteiger partial charge in [0.05, 0.1) is 18.1 Å². The number of hydrogen-bond donors (Lipinski definition) is 2. The number of nitrogens with zero attached hydrogens (tertiary/aromatic N) is 1. The molecule has 0 aliphatic heterocycles. The average molecular weight is 393 g/mol. The Morgan fingerprint density at radius 3 is 2.63 bits per heavy atom. The zero-order valence-corrected chi connectivity index (χ0v) is 15.1. The fraction of sp³-hybridized carbons (Fsp3) is 0.316. The summed E-state index contributed by atoms with van der Waals surface area (Å²) in [5.41, 5.74) is 0.589. The number of carbonyl (C=O) groups excluding carboxylic acids is 1. The molecule has 0 spiro atoms. The fourth-order valence-electron chi connectivity index (χ4n) is 2.48. The second kappa shape index (κ2) is 8.35. The van der Waals surface area contributed by atoms with E-state index in [1.54, 1.807) is 0 Å². The minimum absolute atomic E-state index is 0.155. The summed E-state index contributed by atoms with van der Waals surface area (Å²) in [4.78, 5) is 27.8. The Morgan fingerprint density at radius 2 is 2.04 bits per heavy atom. The summed E-state index contributed by atoms with van der Waals surface area (Å²) in [5, 5.41) is 12.1. The maximum atomic E-state index is 13.0. The van der Waals surface area contributed by atoms with E-state index in [2.05, 4.69) is 10.3 Å². The molecule has 0 saturated heterocycles. The van der Waals surface area contributed by atoms with Gasteiger partial charge in [-0.1, -0.05) is 23.7 Å². The third-order valence-electron chi connectivity index (χ3n) is 4.26. The average Bonchev–Trinajstić information content (AvgIpc) is 3.46. The van der Waals surface area contributed by atoms with Crippen LogP contribution in [0.25, 0.3) is 0 Å². The number of rotatable bonds is 8. The van der Waals surface area contributed by atoms with Crippen LogP contribution in [0.3, 0.4) is 0 Å². The number of aliphatic carboxylic acids is 1. The number of amides is 1. The van der Waals surface area contributed by atoms with Gasteiger partial charge in [-0.15, -0.1) is 0 Å². The standard InChI is InChI=1S/C19H18ClFN2O4/c20-16-7-13(8-23-18(16)27-10-11-1-2-11)17(24)22-9-15(19(25)26)12-3-5-14(21)6-4-12/h3-8,11,15H,1-2,9-10H2,(H,22,24)(H,25,26). The minimum atomic E-state index is -1.12. The summed E-state index contributed by atoms with van der Waals surface area (Å²) in [7, 11) is 0. The van der Waals surface area contributed by atoms with Gasteiger partial charge in [-0.25, -0.2) is 9.37 Å². The number of ether oxygens (including phenoxy) is 1. The van der Waals surface area contributed by atoms with Crippen molar-refractivity contribution in [3.8, 4) is 5.88 Å². The van der Waals surface area contributed by atoms with Crippen LogP contribution in [0, 0.1) is 11.7 Å². The van der Waals surface area contributed by atoms with Gasteiger partial charge in [0.1, 0.15) is 10.8 Å². The highest BCUT2D eigenvalue weighted by Gasteiger charge is 2.23. The molecule has 8 heteroatoms. The lowest BCUT2D eigenvalue weighted by molar-refractivity contribution is -0.138. The molecule has 142 valence electrons. The second-order valence-electron chi connectivity index (χ2n) is 6.42. The van der Waals surface area contributed by atoms with E-state index in [9.17, 15) is 19.1 Å². The highest BCUT2D eigenvalue weighted by Crippen LogP contribution is 2.31. The van der Waals surface area contributed by atoms with Crippen LogP contribution in [0.5, 0.6) is 5.88 Å². The number of carboxylic acid groups (broad SMARTS) is 1. The third-order valence-corrected chi connectivity index (χ3v) is 4.53. The van der Waals surface area contributed by atoms with E-state index < -0.39 is 23.6 Å². The van der Waals surface area contributed by atoms with Crippen LogP contribution >= 0.6 is 11.6 Å². The Kier molecular flexibility index (Phi) is 5.91. The first kappa shape index (κ1) is 19.1. The molecule has 1 atom stereocenters. The minimum Gasteiger partial charge on any atom is -0.481 e. The highest BCUT2D eigenvalue weighted by atomic mass is 35.5. The maximum absolute atomic E-state index is 13.0. The van der Waals surface area contributed by atoms with Gasteiger partial charge < -0.3 is 15.2 Å². The van der Waals surface area contributed by atoms with Crippen LogP contribution in [-0.2, 0) is 4.79 Å². The molecular formula is C19H18ClFN2O4. The van der Waals surface area contributed by atoms with Crippen LogP contribution in [0.2, 0.25) is 5.02 Å². The molecule has 1 fully saturated rings. The Labute approximate surface area is 160 Å². The molecular weight excluding hydrogens is 375 g/mol. The van der Waals surface area contributed by atoms with E-state index in [1.807, 2.05) is 0 Å². The summed E-state index contributed by atoms with van der Waals surface area (Å²) in [6.07, 6.45) is 3.60. The van der Waals surface area contributed by atoms with Gasteiger partial charge in [-0.05, 0) is 42.5 Å². The largest absolute Gasteiger partial charge is 0.481 e. The van der Waals surface area contributed by atoms with E-state index in [0.29, 0.717) is 18.1 Å². The topological polar surface area (TPSA) is 88.5 Å². The van der Waals surface area contributed by atoms with Crippen molar-refractivity contribution in [1.29, 1.82) is 0 Å². The first-order valence-corrected chi connectivity index (χ1v) is 8.86. The van der Waals surface area contributed by atoms with Crippen molar-refractivity contribution in [3.63, 3.8) is 0 Å². The Balaban J connectivity index is 1.62. The lowest BCUT2D eigenvalue weighted by Crippen LogP contribution is -2.31. The van der Waals surface area contributed by atoms with Crippen LogP contribution in [0.15, 0.2) is 36.5 Å². The molecule has 2 aromatic rings. The van der Waals surface area contributed by atoms with Crippen molar-refractivity contribution in [2.75, 3.05) is 13.2 Å². The fourth-order valence-corrected chi connectivity index (χ4v) is 2.70. The van der Waals surface area contributed by atoms with E-state index in [4.69, 9.17) is 16.3 Å². The monoisotopic (exact) mass is 392 g/mol. The van der Waals surface area contributed by atoms with E-state index in [0.717, 1.165) is 12.8 Å². The first-order chi connectivity index (χ1) is 12.9. The molecule has 1 saturated carbocycles. The number of halogens is 2. The molecule has 1 amide bonds. The van der Waals surface area contributed by atoms with Gasteiger partial charge in [-0.3, -0.25) is 9.59 Å². The van der Waals surface area contributed by atoms with Crippen molar-refractivity contribution in [2.45, 2.75) is 18.8 Å². The number of nitrogens with one attached hydrogen (secondary N) is 1. The molecule has 0 radical (unpaired) electrons. The predicted molar refractivity (Wildman–Crippen MR) is 96.6 cm³/mol. The van der Waals surface area contributed by atoms with Crippen molar-refractivity contribution in [3.05, 3.63) is 58.5 Å². The lowest BCUT2D eigenvalue weighted by atomic mass is 9.99. The summed E-state index contributed by atoms with van der Waals surface area (Å²) in [6.45, 7) is 0.396. The molecule has 1 aliphatic carbocycles. The van der Waals surface area contributed by atoms with E-state index in [-0.39, 0.29) is 23.0 Å². The predicted octanol–water partition coefficient (Wildman–Crippen LogP) is 3.26. The SMILES string of the molecule is O=C(NCC(C(=O)O)c1ccc(F)cc1)c1cnc(OCC2CC2)c(Cl)c1.